The van der Waals surface area contributed by atoms with Crippen LogP contribution in [0.5, 0.6) is 0 Å². The van der Waals surface area contributed by atoms with Crippen LogP contribution < -0.4 is 4.90 Å². The molecule has 0 amide bonds. The number of ketones is 1. The van der Waals surface area contributed by atoms with Gasteiger partial charge in [0.25, 0.3) is 0 Å². The number of fused-ring (bicyclic) bond motifs is 1. The summed E-state index contributed by atoms with van der Waals surface area (Å²) >= 11 is 0. The van der Waals surface area contributed by atoms with E-state index in [4.69, 9.17) is 10.00 Å². The van der Waals surface area contributed by atoms with Crippen LogP contribution in [-0.4, -0.2) is 25.4 Å². The predicted molar refractivity (Wildman–Crippen MR) is 102 cm³/mol. The van der Waals surface area contributed by atoms with Crippen LogP contribution in [-0.2, 0) is 14.9 Å². The summed E-state index contributed by atoms with van der Waals surface area (Å²) in [7, 11) is 1.93. The van der Waals surface area contributed by atoms with Crippen LogP contribution in [0.4, 0.5) is 5.69 Å². The number of benzene rings is 2. The number of allylic oxidation sites excluding steroid dienone is 1. The summed E-state index contributed by atoms with van der Waals surface area (Å²) in [6.45, 7) is 3.80. The topological polar surface area (TPSA) is 70.4 Å². The number of hydrogen-bond acceptors (Lipinski definition) is 5. The lowest BCUT2D eigenvalue weighted by Gasteiger charge is -2.23. The quantitative estimate of drug-likeness (QED) is 0.615. The second-order valence-electron chi connectivity index (χ2n) is 6.96. The van der Waals surface area contributed by atoms with Crippen molar-refractivity contribution in [1.82, 2.24) is 0 Å². The molecule has 0 fully saturated rings. The number of nitrogens with zero attached hydrogens (tertiary/aromatic N) is 2. The first-order chi connectivity index (χ1) is 12.8. The number of para-hydroxylation sites is 1. The second kappa shape index (κ2) is 7.08. The van der Waals surface area contributed by atoms with Crippen molar-refractivity contribution in [2.45, 2.75) is 19.3 Å². The molecule has 0 spiro atoms. The molecule has 5 heteroatoms. The SMILES string of the molecule is CN1/C(=C/C(=O)COC(=O)c2ccc(C#N)cc2)C(C)(C)c2ccccc21. The van der Waals surface area contributed by atoms with Gasteiger partial charge in [0.2, 0.25) is 0 Å². The molecule has 2 aromatic carbocycles. The second-order valence-corrected chi connectivity index (χ2v) is 6.96. The number of hydrogen-bond donors (Lipinski definition) is 0. The monoisotopic (exact) mass is 360 g/mol. The van der Waals surface area contributed by atoms with E-state index in [9.17, 15) is 9.59 Å². The number of carbonyl (C=O) groups is 2. The molecule has 5 nitrogen and oxygen atoms in total. The molecule has 0 unspecified atom stereocenters. The molecule has 1 heterocycles. The zero-order chi connectivity index (χ0) is 19.6. The van der Waals surface area contributed by atoms with Crippen LogP contribution in [0.3, 0.4) is 0 Å². The van der Waals surface area contributed by atoms with E-state index in [0.717, 1.165) is 16.9 Å². The number of anilines is 1. The molecule has 0 saturated heterocycles. The van der Waals surface area contributed by atoms with Crippen LogP contribution in [0.2, 0.25) is 0 Å². The zero-order valence-electron chi connectivity index (χ0n) is 15.5. The first kappa shape index (κ1) is 18.4. The molecule has 2 aromatic rings. The van der Waals surface area contributed by atoms with Gasteiger partial charge in [-0.25, -0.2) is 4.79 Å². The fourth-order valence-electron chi connectivity index (χ4n) is 3.35. The Labute approximate surface area is 158 Å². The molecule has 136 valence electrons. The van der Waals surface area contributed by atoms with Gasteiger partial charge < -0.3 is 9.64 Å². The van der Waals surface area contributed by atoms with Gasteiger partial charge in [0, 0.05) is 29.9 Å². The smallest absolute Gasteiger partial charge is 0.338 e. The summed E-state index contributed by atoms with van der Waals surface area (Å²) < 4.78 is 5.12. The third-order valence-corrected chi connectivity index (χ3v) is 4.83. The van der Waals surface area contributed by atoms with E-state index < -0.39 is 5.97 Å². The molecular formula is C22H20N2O3. The Morgan fingerprint density at radius 1 is 1.15 bits per heavy atom. The van der Waals surface area contributed by atoms with Crippen LogP contribution in [0.15, 0.2) is 60.3 Å². The van der Waals surface area contributed by atoms with Crippen molar-refractivity contribution in [2.75, 3.05) is 18.6 Å². The van der Waals surface area contributed by atoms with Gasteiger partial charge in [0.05, 0.1) is 17.2 Å². The molecule has 0 aliphatic carbocycles. The van der Waals surface area contributed by atoms with Gasteiger partial charge in [-0.05, 0) is 35.9 Å². The minimum atomic E-state index is -0.589. The van der Waals surface area contributed by atoms with Gasteiger partial charge in [-0.1, -0.05) is 32.0 Å². The highest BCUT2D eigenvalue weighted by Gasteiger charge is 2.38. The predicted octanol–water partition coefficient (Wildman–Crippen LogP) is 3.60. The van der Waals surface area contributed by atoms with Gasteiger partial charge in [0.15, 0.2) is 12.4 Å². The maximum Gasteiger partial charge on any atom is 0.338 e. The molecule has 1 aliphatic heterocycles. The van der Waals surface area contributed by atoms with E-state index in [2.05, 4.69) is 19.9 Å². The van der Waals surface area contributed by atoms with Gasteiger partial charge in [-0.2, -0.15) is 5.26 Å². The van der Waals surface area contributed by atoms with Crippen LogP contribution in [0.1, 0.15) is 35.3 Å². The number of carbonyl (C=O) groups excluding carboxylic acids is 2. The average Bonchev–Trinajstić information content (AvgIpc) is 2.87. The molecule has 0 saturated carbocycles. The first-order valence-electron chi connectivity index (χ1n) is 8.60. The third kappa shape index (κ3) is 3.47. The molecular weight excluding hydrogens is 340 g/mol. The Morgan fingerprint density at radius 2 is 1.81 bits per heavy atom. The molecule has 27 heavy (non-hydrogen) atoms. The minimum Gasteiger partial charge on any atom is -0.454 e. The highest BCUT2D eigenvalue weighted by molar-refractivity contribution is 5.96. The highest BCUT2D eigenvalue weighted by Crippen LogP contribution is 2.46. The van der Waals surface area contributed by atoms with E-state index in [1.807, 2.05) is 36.2 Å². The van der Waals surface area contributed by atoms with Crippen molar-refractivity contribution in [3.8, 4) is 6.07 Å². The number of rotatable bonds is 4. The van der Waals surface area contributed by atoms with E-state index in [-0.39, 0.29) is 17.8 Å². The van der Waals surface area contributed by atoms with Gasteiger partial charge >= 0.3 is 5.97 Å². The molecule has 0 atom stereocenters. The Morgan fingerprint density at radius 3 is 2.44 bits per heavy atom. The zero-order valence-corrected chi connectivity index (χ0v) is 15.5. The highest BCUT2D eigenvalue weighted by atomic mass is 16.5. The Kier molecular flexibility index (Phi) is 4.83. The molecule has 0 aromatic heterocycles. The maximum absolute atomic E-state index is 12.4. The Hall–Kier alpha value is -3.39. The van der Waals surface area contributed by atoms with Crippen LogP contribution >= 0.6 is 0 Å². The third-order valence-electron chi connectivity index (χ3n) is 4.83. The Balaban J connectivity index is 1.70. The summed E-state index contributed by atoms with van der Waals surface area (Å²) in [4.78, 5) is 26.5. The van der Waals surface area contributed by atoms with E-state index >= 15 is 0 Å². The van der Waals surface area contributed by atoms with Crippen molar-refractivity contribution >= 4 is 17.4 Å². The lowest BCUT2D eigenvalue weighted by molar-refractivity contribution is -0.117. The van der Waals surface area contributed by atoms with Crippen molar-refractivity contribution < 1.29 is 14.3 Å². The van der Waals surface area contributed by atoms with Crippen molar-refractivity contribution in [1.29, 1.82) is 5.26 Å². The number of likely N-dealkylation sites (N-methyl/N-ethyl adjacent to an activating group) is 1. The summed E-state index contributed by atoms with van der Waals surface area (Å²) in [5, 5.41) is 8.79. The standard InChI is InChI=1S/C22H20N2O3/c1-22(2)18-6-4-5-7-19(18)24(3)20(22)12-17(25)14-27-21(26)16-10-8-15(13-23)9-11-16/h4-12H,14H2,1-3H3/b20-12+. The fourth-order valence-corrected chi connectivity index (χ4v) is 3.35. The van der Waals surface area contributed by atoms with Gasteiger partial charge in [-0.3, -0.25) is 4.79 Å². The summed E-state index contributed by atoms with van der Waals surface area (Å²) in [5.74, 6) is -0.867. The summed E-state index contributed by atoms with van der Waals surface area (Å²) in [5.41, 5.74) is 3.54. The lowest BCUT2D eigenvalue weighted by Crippen LogP contribution is -2.25. The van der Waals surface area contributed by atoms with Gasteiger partial charge in [-0.15, -0.1) is 0 Å². The molecule has 1 aliphatic rings. The molecule has 0 bridgehead atoms. The number of ether oxygens (including phenoxy) is 1. The van der Waals surface area contributed by atoms with E-state index in [0.29, 0.717) is 11.1 Å². The van der Waals surface area contributed by atoms with Crippen molar-refractivity contribution in [3.05, 3.63) is 77.0 Å². The fraction of sp³-hybridized carbons (Fsp3) is 0.227. The van der Waals surface area contributed by atoms with Crippen LogP contribution in [0.25, 0.3) is 0 Å². The number of esters is 1. The average molecular weight is 360 g/mol. The molecule has 0 N–H and O–H groups in total. The first-order valence-corrected chi connectivity index (χ1v) is 8.60. The Bertz CT molecular complexity index is 966. The number of nitriles is 1. The molecule has 3 rings (SSSR count). The lowest BCUT2D eigenvalue weighted by atomic mass is 9.83. The van der Waals surface area contributed by atoms with Crippen LogP contribution in [0, 0.1) is 11.3 Å². The molecule has 0 radical (unpaired) electrons. The van der Waals surface area contributed by atoms with E-state index in [1.54, 1.807) is 6.08 Å². The van der Waals surface area contributed by atoms with Crippen molar-refractivity contribution in [2.24, 2.45) is 0 Å². The van der Waals surface area contributed by atoms with Gasteiger partial charge in [0.1, 0.15) is 0 Å². The normalized spacial score (nSPS) is 15.9. The van der Waals surface area contributed by atoms with Crippen molar-refractivity contribution in [3.63, 3.8) is 0 Å². The largest absolute Gasteiger partial charge is 0.454 e. The summed E-state index contributed by atoms with van der Waals surface area (Å²) in [6, 6.07) is 16.1. The van der Waals surface area contributed by atoms with E-state index in [1.165, 1.54) is 24.3 Å². The summed E-state index contributed by atoms with van der Waals surface area (Å²) in [6.07, 6.45) is 1.55. The maximum atomic E-state index is 12.4. The minimum absolute atomic E-state index is 0.278.